The second-order valence-corrected chi connectivity index (χ2v) is 5.33. The highest BCUT2D eigenvalue weighted by Gasteiger charge is 2.17. The van der Waals surface area contributed by atoms with Gasteiger partial charge in [-0.3, -0.25) is 4.90 Å². The molecular formula is C10H14N2S2. The van der Waals surface area contributed by atoms with Crippen molar-refractivity contribution in [2.24, 2.45) is 0 Å². The van der Waals surface area contributed by atoms with E-state index in [-0.39, 0.29) is 0 Å². The molecule has 2 nitrogen and oxygen atoms in total. The summed E-state index contributed by atoms with van der Waals surface area (Å²) < 4.78 is 0.849. The Kier molecular flexibility index (Phi) is 2.95. The molecule has 76 valence electrons. The molecule has 0 bridgehead atoms. The van der Waals surface area contributed by atoms with Crippen LogP contribution in [0.5, 0.6) is 0 Å². The number of rotatable bonds is 1. The van der Waals surface area contributed by atoms with E-state index in [0.717, 1.165) is 23.0 Å². The Balaban J connectivity index is 2.20. The highest BCUT2D eigenvalue weighted by Crippen LogP contribution is 2.25. The molecule has 1 aromatic heterocycles. The summed E-state index contributed by atoms with van der Waals surface area (Å²) in [4.78, 5) is 6.74. The molecule has 1 aliphatic rings. The summed E-state index contributed by atoms with van der Waals surface area (Å²) in [5, 5.41) is 2.08. The monoisotopic (exact) mass is 226 g/mol. The molecule has 1 atom stereocenters. The Labute approximate surface area is 94.1 Å². The molecule has 14 heavy (non-hydrogen) atoms. The van der Waals surface area contributed by atoms with Gasteiger partial charge in [-0.15, -0.1) is 24.0 Å². The van der Waals surface area contributed by atoms with Crippen molar-refractivity contribution < 1.29 is 0 Å². The molecule has 1 aliphatic heterocycles. The molecule has 1 aromatic rings. The second kappa shape index (κ2) is 4.04. The third-order valence-corrected chi connectivity index (χ3v) is 3.76. The van der Waals surface area contributed by atoms with E-state index in [9.17, 15) is 0 Å². The molecule has 0 aliphatic carbocycles. The highest BCUT2D eigenvalue weighted by atomic mass is 32.2. The lowest BCUT2D eigenvalue weighted by Crippen LogP contribution is -2.33. The fourth-order valence-electron chi connectivity index (χ4n) is 1.58. The predicted molar refractivity (Wildman–Crippen MR) is 64.1 cm³/mol. The molecule has 0 N–H and O–H groups in total. The van der Waals surface area contributed by atoms with Gasteiger partial charge in [-0.25, -0.2) is 4.98 Å². The average Bonchev–Trinajstić information content (AvgIpc) is 2.57. The molecule has 0 amide bonds. The zero-order valence-electron chi connectivity index (χ0n) is 8.40. The van der Waals surface area contributed by atoms with E-state index in [1.165, 1.54) is 5.57 Å². The first kappa shape index (κ1) is 10.2. The molecule has 0 radical (unpaired) electrons. The van der Waals surface area contributed by atoms with Gasteiger partial charge in [-0.2, -0.15) is 0 Å². The molecule has 0 fully saturated rings. The first-order valence-corrected chi connectivity index (χ1v) is 6.03. The van der Waals surface area contributed by atoms with Crippen LogP contribution in [0, 0.1) is 0 Å². The lowest BCUT2D eigenvalue weighted by atomic mass is 10.0. The number of aromatic nitrogens is 1. The Hall–Kier alpha value is -0.320. The maximum Gasteiger partial charge on any atom is 0.147 e. The van der Waals surface area contributed by atoms with Crippen molar-refractivity contribution in [3.8, 4) is 0 Å². The standard InChI is InChI=1S/C10H14N2S2/c1-7-3-4-8(5-12(7)2)9-6-14-10(13)11-9/h4,6-7H,3,5H2,1-2H3,(H,11,13)/t7-/m0/s1. The van der Waals surface area contributed by atoms with Crippen molar-refractivity contribution in [2.45, 2.75) is 23.7 Å². The Bertz CT molecular complexity index is 357. The first-order chi connectivity index (χ1) is 6.66. The topological polar surface area (TPSA) is 16.1 Å². The van der Waals surface area contributed by atoms with E-state index in [1.54, 1.807) is 11.3 Å². The summed E-state index contributed by atoms with van der Waals surface area (Å²) >= 11 is 5.83. The van der Waals surface area contributed by atoms with E-state index in [2.05, 4.69) is 47.9 Å². The first-order valence-electron chi connectivity index (χ1n) is 4.71. The minimum Gasteiger partial charge on any atom is -0.299 e. The van der Waals surface area contributed by atoms with Crippen LogP contribution in [0.1, 0.15) is 19.0 Å². The molecule has 2 rings (SSSR count). The van der Waals surface area contributed by atoms with E-state index in [1.807, 2.05) is 0 Å². The van der Waals surface area contributed by atoms with Crippen LogP contribution in [0.15, 0.2) is 15.8 Å². The van der Waals surface area contributed by atoms with Gasteiger partial charge in [0.05, 0.1) is 5.69 Å². The SMILES string of the molecule is C[C@H]1CC=C(c2csc(S)n2)CN1C. The Morgan fingerprint density at radius 3 is 3.00 bits per heavy atom. The van der Waals surface area contributed by atoms with Gasteiger partial charge in [0.1, 0.15) is 4.34 Å². The molecule has 0 unspecified atom stereocenters. The van der Waals surface area contributed by atoms with Crippen molar-refractivity contribution >= 4 is 29.5 Å². The largest absolute Gasteiger partial charge is 0.299 e. The Morgan fingerprint density at radius 1 is 1.64 bits per heavy atom. The quantitative estimate of drug-likeness (QED) is 0.741. The molecule has 2 heterocycles. The lowest BCUT2D eigenvalue weighted by molar-refractivity contribution is 0.280. The highest BCUT2D eigenvalue weighted by molar-refractivity contribution is 7.82. The smallest absolute Gasteiger partial charge is 0.147 e. The Morgan fingerprint density at radius 2 is 2.43 bits per heavy atom. The number of hydrogen-bond acceptors (Lipinski definition) is 4. The predicted octanol–water partition coefficient (Wildman–Crippen LogP) is 2.54. The van der Waals surface area contributed by atoms with Crippen molar-refractivity contribution in [1.82, 2.24) is 9.88 Å². The maximum absolute atomic E-state index is 4.38. The van der Waals surface area contributed by atoms with Crippen molar-refractivity contribution in [3.63, 3.8) is 0 Å². The summed E-state index contributed by atoms with van der Waals surface area (Å²) in [6.07, 6.45) is 3.41. The molecule has 0 spiro atoms. The number of thiazole rings is 1. The fourth-order valence-corrected chi connectivity index (χ4v) is 2.42. The molecular weight excluding hydrogens is 212 g/mol. The zero-order valence-corrected chi connectivity index (χ0v) is 10.1. The van der Waals surface area contributed by atoms with Crippen LogP contribution in [0.4, 0.5) is 0 Å². The third kappa shape index (κ3) is 2.02. The lowest BCUT2D eigenvalue weighted by Gasteiger charge is -2.28. The second-order valence-electron chi connectivity index (χ2n) is 3.74. The van der Waals surface area contributed by atoms with Gasteiger partial charge in [0, 0.05) is 18.0 Å². The average molecular weight is 226 g/mol. The summed E-state index contributed by atoms with van der Waals surface area (Å²) in [5.74, 6) is 0. The van der Waals surface area contributed by atoms with Gasteiger partial charge < -0.3 is 0 Å². The third-order valence-electron chi connectivity index (χ3n) is 2.70. The summed E-state index contributed by atoms with van der Waals surface area (Å²) in [5.41, 5.74) is 2.43. The normalized spacial score (nSPS) is 23.6. The van der Waals surface area contributed by atoms with Gasteiger partial charge in [-0.1, -0.05) is 6.08 Å². The van der Waals surface area contributed by atoms with Crippen LogP contribution in [-0.2, 0) is 0 Å². The van der Waals surface area contributed by atoms with Crippen molar-refractivity contribution in [1.29, 1.82) is 0 Å². The van der Waals surface area contributed by atoms with Crippen molar-refractivity contribution in [2.75, 3.05) is 13.6 Å². The van der Waals surface area contributed by atoms with E-state index >= 15 is 0 Å². The summed E-state index contributed by atoms with van der Waals surface area (Å²) in [6, 6.07) is 0.646. The number of hydrogen-bond donors (Lipinski definition) is 1. The number of likely N-dealkylation sites (N-methyl/N-ethyl adjacent to an activating group) is 1. The summed E-state index contributed by atoms with van der Waals surface area (Å²) in [6.45, 7) is 3.25. The van der Waals surface area contributed by atoms with Crippen LogP contribution in [-0.4, -0.2) is 29.5 Å². The van der Waals surface area contributed by atoms with E-state index in [4.69, 9.17) is 0 Å². The molecule has 0 saturated carbocycles. The number of thiol groups is 1. The number of nitrogens with zero attached hydrogens (tertiary/aromatic N) is 2. The molecule has 0 aromatic carbocycles. The minimum atomic E-state index is 0.646. The van der Waals surface area contributed by atoms with Gasteiger partial charge >= 0.3 is 0 Å². The van der Waals surface area contributed by atoms with Gasteiger partial charge in [0.15, 0.2) is 0 Å². The maximum atomic E-state index is 4.38. The van der Waals surface area contributed by atoms with Crippen LogP contribution in [0.2, 0.25) is 0 Å². The van der Waals surface area contributed by atoms with Crippen LogP contribution in [0.3, 0.4) is 0 Å². The minimum absolute atomic E-state index is 0.646. The molecule has 4 heteroatoms. The van der Waals surface area contributed by atoms with Gasteiger partial charge in [0.2, 0.25) is 0 Å². The molecule has 0 saturated heterocycles. The van der Waals surface area contributed by atoms with Crippen LogP contribution < -0.4 is 0 Å². The van der Waals surface area contributed by atoms with E-state index < -0.39 is 0 Å². The van der Waals surface area contributed by atoms with Gasteiger partial charge in [-0.05, 0) is 26.0 Å². The van der Waals surface area contributed by atoms with Crippen LogP contribution >= 0.6 is 24.0 Å². The van der Waals surface area contributed by atoms with E-state index in [0.29, 0.717) is 6.04 Å². The summed E-state index contributed by atoms with van der Waals surface area (Å²) in [7, 11) is 2.16. The zero-order chi connectivity index (χ0) is 10.1. The van der Waals surface area contributed by atoms with Gasteiger partial charge in [0.25, 0.3) is 0 Å². The fraction of sp³-hybridized carbons (Fsp3) is 0.500. The van der Waals surface area contributed by atoms with Crippen molar-refractivity contribution in [3.05, 3.63) is 17.2 Å². The van der Waals surface area contributed by atoms with Crippen LogP contribution in [0.25, 0.3) is 5.57 Å².